The largest absolute Gasteiger partial charge is 0.358 e. The molecule has 1 aromatic carbocycles. The summed E-state index contributed by atoms with van der Waals surface area (Å²) in [6.45, 7) is 2.43. The highest BCUT2D eigenvalue weighted by molar-refractivity contribution is 9.10. The average Bonchev–Trinajstić information content (AvgIpc) is 2.47. The molecule has 0 fully saturated rings. The maximum atomic E-state index is 11.6. The lowest BCUT2D eigenvalue weighted by Crippen LogP contribution is -2.87. The highest BCUT2D eigenvalue weighted by atomic mass is 79.9. The summed E-state index contributed by atoms with van der Waals surface area (Å²) in [6, 6.07) is 8.34. The Morgan fingerprint density at radius 1 is 1.25 bits per heavy atom. The zero-order valence-electron chi connectivity index (χ0n) is 11.8. The van der Waals surface area contributed by atoms with Crippen LogP contribution in [-0.2, 0) is 9.59 Å². The molecule has 0 aromatic heterocycles. The zero-order chi connectivity index (χ0) is 15.0. The monoisotopic (exact) mass is 342 g/mol. The van der Waals surface area contributed by atoms with Crippen LogP contribution in [0.5, 0.6) is 0 Å². The minimum absolute atomic E-state index is 0.0260. The van der Waals surface area contributed by atoms with Crippen molar-refractivity contribution in [3.8, 4) is 0 Å². The van der Waals surface area contributed by atoms with Crippen LogP contribution in [0.4, 0.5) is 0 Å². The molecule has 0 unspecified atom stereocenters. The Balaban J connectivity index is 2.43. The number of halogens is 1. The number of carbonyl (C=O) groups is 2. The number of hydrogen-bond acceptors (Lipinski definition) is 2. The molecule has 0 saturated heterocycles. The van der Waals surface area contributed by atoms with Crippen LogP contribution in [0.1, 0.15) is 24.9 Å². The van der Waals surface area contributed by atoms with Gasteiger partial charge in [-0.05, 0) is 12.1 Å². The third kappa shape index (κ3) is 5.71. The van der Waals surface area contributed by atoms with Crippen molar-refractivity contribution in [1.82, 2.24) is 10.6 Å². The Kier molecular flexibility index (Phi) is 7.25. The molecule has 2 amide bonds. The number of nitrogens with two attached hydrogens (primary N) is 1. The SMILES string of the molecule is CC[C@@H]([NH2+]CC(=O)NCC(=O)NC)c1ccc(Br)cc1. The molecule has 1 aromatic rings. The summed E-state index contributed by atoms with van der Waals surface area (Å²) in [5, 5.41) is 7.03. The van der Waals surface area contributed by atoms with E-state index in [0.29, 0.717) is 6.54 Å². The molecule has 0 spiro atoms. The van der Waals surface area contributed by atoms with Gasteiger partial charge in [-0.3, -0.25) is 9.59 Å². The van der Waals surface area contributed by atoms with E-state index >= 15 is 0 Å². The molecule has 6 heteroatoms. The van der Waals surface area contributed by atoms with Gasteiger partial charge in [0.15, 0.2) is 6.54 Å². The highest BCUT2D eigenvalue weighted by Crippen LogP contribution is 2.16. The van der Waals surface area contributed by atoms with Crippen LogP contribution < -0.4 is 16.0 Å². The Hall–Kier alpha value is -1.40. The molecule has 0 aliphatic carbocycles. The minimum Gasteiger partial charge on any atom is -0.358 e. The van der Waals surface area contributed by atoms with E-state index in [1.54, 1.807) is 7.05 Å². The van der Waals surface area contributed by atoms with Gasteiger partial charge in [0.05, 0.1) is 6.54 Å². The van der Waals surface area contributed by atoms with Crippen molar-refractivity contribution in [1.29, 1.82) is 0 Å². The molecule has 0 heterocycles. The van der Waals surface area contributed by atoms with Crippen LogP contribution in [0.2, 0.25) is 0 Å². The number of benzene rings is 1. The second-order valence-electron chi connectivity index (χ2n) is 4.46. The van der Waals surface area contributed by atoms with Crippen LogP contribution >= 0.6 is 15.9 Å². The van der Waals surface area contributed by atoms with Gasteiger partial charge in [0.2, 0.25) is 5.91 Å². The average molecular weight is 343 g/mol. The molecule has 0 bridgehead atoms. The number of carbonyl (C=O) groups excluding carboxylic acids is 2. The van der Waals surface area contributed by atoms with Gasteiger partial charge in [-0.2, -0.15) is 0 Å². The first kappa shape index (κ1) is 16.7. The highest BCUT2D eigenvalue weighted by Gasteiger charge is 2.14. The molecule has 0 saturated carbocycles. The van der Waals surface area contributed by atoms with E-state index in [1.165, 1.54) is 5.56 Å². The molecule has 110 valence electrons. The number of rotatable bonds is 7. The predicted molar refractivity (Wildman–Crippen MR) is 81.0 cm³/mol. The van der Waals surface area contributed by atoms with E-state index < -0.39 is 0 Å². The van der Waals surface area contributed by atoms with Gasteiger partial charge >= 0.3 is 0 Å². The standard InChI is InChI=1S/C14H20BrN3O2/c1-3-12(10-4-6-11(15)7-5-10)17-9-14(20)18-8-13(19)16-2/h4-7,12,17H,3,8-9H2,1-2H3,(H,16,19)(H,18,20)/p+1/t12-/m1/s1. The number of likely N-dealkylation sites (N-methyl/N-ethyl adjacent to an activating group) is 1. The van der Waals surface area contributed by atoms with Crippen molar-refractivity contribution in [2.24, 2.45) is 0 Å². The molecule has 0 aliphatic rings. The lowest BCUT2D eigenvalue weighted by Gasteiger charge is -2.14. The van der Waals surface area contributed by atoms with Crippen LogP contribution in [0.15, 0.2) is 28.7 Å². The van der Waals surface area contributed by atoms with E-state index in [-0.39, 0.29) is 24.4 Å². The van der Waals surface area contributed by atoms with Crippen LogP contribution in [0.3, 0.4) is 0 Å². The van der Waals surface area contributed by atoms with Gasteiger partial charge in [0.25, 0.3) is 5.91 Å². The topological polar surface area (TPSA) is 74.8 Å². The van der Waals surface area contributed by atoms with E-state index in [9.17, 15) is 9.59 Å². The van der Waals surface area contributed by atoms with Gasteiger partial charge in [-0.1, -0.05) is 35.0 Å². The van der Waals surface area contributed by atoms with E-state index in [4.69, 9.17) is 0 Å². The molecular formula is C14H21BrN3O2+. The number of amides is 2. The number of quaternary nitrogens is 1. The van der Waals surface area contributed by atoms with Crippen molar-refractivity contribution in [2.45, 2.75) is 19.4 Å². The predicted octanol–water partition coefficient (Wildman–Crippen LogP) is 0.326. The molecule has 0 aliphatic heterocycles. The molecule has 20 heavy (non-hydrogen) atoms. The lowest BCUT2D eigenvalue weighted by atomic mass is 10.0. The first-order valence-electron chi connectivity index (χ1n) is 6.62. The Morgan fingerprint density at radius 3 is 2.45 bits per heavy atom. The summed E-state index contributed by atoms with van der Waals surface area (Å²) in [5.74, 6) is -0.331. The minimum atomic E-state index is -0.196. The van der Waals surface area contributed by atoms with Gasteiger partial charge in [-0.15, -0.1) is 0 Å². The quantitative estimate of drug-likeness (QED) is 0.667. The van der Waals surface area contributed by atoms with Crippen LogP contribution in [0, 0.1) is 0 Å². The maximum absolute atomic E-state index is 11.6. The maximum Gasteiger partial charge on any atom is 0.275 e. The zero-order valence-corrected chi connectivity index (χ0v) is 13.4. The van der Waals surface area contributed by atoms with Crippen LogP contribution in [-0.4, -0.2) is 32.0 Å². The molecule has 1 rings (SSSR count). The number of nitrogens with one attached hydrogen (secondary N) is 2. The first-order valence-corrected chi connectivity index (χ1v) is 7.42. The normalized spacial score (nSPS) is 11.8. The van der Waals surface area contributed by atoms with E-state index in [1.807, 2.05) is 17.4 Å². The summed E-state index contributed by atoms with van der Waals surface area (Å²) in [5.41, 5.74) is 1.19. The smallest absolute Gasteiger partial charge is 0.275 e. The molecule has 5 nitrogen and oxygen atoms in total. The summed E-state index contributed by atoms with van der Waals surface area (Å²) in [4.78, 5) is 22.7. The van der Waals surface area contributed by atoms with Crippen molar-refractivity contribution < 1.29 is 14.9 Å². The fraction of sp³-hybridized carbons (Fsp3) is 0.429. The van der Waals surface area contributed by atoms with Crippen LogP contribution in [0.25, 0.3) is 0 Å². The Morgan fingerprint density at radius 2 is 1.90 bits per heavy atom. The fourth-order valence-electron chi connectivity index (χ4n) is 1.84. The van der Waals surface area contributed by atoms with Gasteiger partial charge in [0, 0.05) is 23.5 Å². The van der Waals surface area contributed by atoms with E-state index in [2.05, 4.69) is 45.6 Å². The Labute approximate surface area is 127 Å². The van der Waals surface area contributed by atoms with Crippen molar-refractivity contribution >= 4 is 27.7 Å². The van der Waals surface area contributed by atoms with Crippen molar-refractivity contribution in [3.05, 3.63) is 34.3 Å². The van der Waals surface area contributed by atoms with E-state index in [0.717, 1.165) is 10.9 Å². The molecule has 4 N–H and O–H groups in total. The third-order valence-corrected chi connectivity index (χ3v) is 3.58. The van der Waals surface area contributed by atoms with Crippen molar-refractivity contribution in [3.63, 3.8) is 0 Å². The summed E-state index contributed by atoms with van der Waals surface area (Å²) in [7, 11) is 1.54. The number of hydrogen-bond donors (Lipinski definition) is 3. The summed E-state index contributed by atoms with van der Waals surface area (Å²) in [6.07, 6.45) is 0.935. The first-order chi connectivity index (χ1) is 9.56. The summed E-state index contributed by atoms with van der Waals surface area (Å²) < 4.78 is 1.04. The third-order valence-electron chi connectivity index (χ3n) is 3.05. The second kappa shape index (κ2) is 8.71. The van der Waals surface area contributed by atoms with Gasteiger partial charge in [-0.25, -0.2) is 0 Å². The second-order valence-corrected chi connectivity index (χ2v) is 5.37. The molecular weight excluding hydrogens is 322 g/mol. The lowest BCUT2D eigenvalue weighted by molar-refractivity contribution is -0.686. The summed E-state index contributed by atoms with van der Waals surface area (Å²) >= 11 is 3.41. The fourth-order valence-corrected chi connectivity index (χ4v) is 2.10. The van der Waals surface area contributed by atoms with Gasteiger partial charge < -0.3 is 16.0 Å². The van der Waals surface area contributed by atoms with Crippen molar-refractivity contribution in [2.75, 3.05) is 20.1 Å². The Bertz CT molecular complexity index is 448. The molecule has 0 radical (unpaired) electrons. The molecule has 1 atom stereocenters. The van der Waals surface area contributed by atoms with Gasteiger partial charge in [0.1, 0.15) is 6.04 Å².